The first-order chi connectivity index (χ1) is 8.35. The average Bonchev–Trinajstić information content (AvgIpc) is 2.76. The van der Waals surface area contributed by atoms with Crippen LogP contribution in [0.3, 0.4) is 0 Å². The summed E-state index contributed by atoms with van der Waals surface area (Å²) in [4.78, 5) is 0.419. The van der Waals surface area contributed by atoms with E-state index in [-0.39, 0.29) is 9.75 Å². The lowest BCUT2D eigenvalue weighted by Gasteiger charge is -2.37. The van der Waals surface area contributed by atoms with E-state index in [1.165, 1.54) is 10.4 Å². The molecule has 98 valence electrons. The number of nitriles is 1. The number of thiophene rings is 1. The van der Waals surface area contributed by atoms with Gasteiger partial charge in [-0.1, -0.05) is 0 Å². The van der Waals surface area contributed by atoms with Gasteiger partial charge in [-0.2, -0.15) is 9.57 Å². The van der Waals surface area contributed by atoms with E-state index in [0.717, 1.165) is 11.3 Å². The molecule has 2 rings (SSSR count). The number of nitrogens with zero attached hydrogens (tertiary/aromatic N) is 2. The highest BCUT2D eigenvalue weighted by Gasteiger charge is 2.34. The van der Waals surface area contributed by atoms with Crippen LogP contribution in [0.25, 0.3) is 0 Å². The Hall–Kier alpha value is -0.940. The molecule has 0 radical (unpaired) electrons. The minimum Gasteiger partial charge on any atom is -0.309 e. The molecule has 0 atom stereocenters. The molecule has 0 aliphatic carbocycles. The summed E-state index contributed by atoms with van der Waals surface area (Å²) in [7, 11) is -3.46. The average molecular weight is 285 g/mol. The van der Waals surface area contributed by atoms with E-state index in [4.69, 9.17) is 5.26 Å². The largest absolute Gasteiger partial charge is 0.309 e. The number of nitrogens with one attached hydrogen (secondary N) is 1. The molecule has 2 heterocycles. The maximum atomic E-state index is 12.4. The zero-order chi connectivity index (χ0) is 13.4. The zero-order valence-corrected chi connectivity index (χ0v) is 11.9. The molecular formula is C11H15N3O2S2. The predicted molar refractivity (Wildman–Crippen MR) is 69.9 cm³/mol. The number of hydrogen-bond acceptors (Lipinski definition) is 5. The molecule has 1 aliphatic rings. The van der Waals surface area contributed by atoms with Crippen LogP contribution in [0.4, 0.5) is 0 Å². The fourth-order valence-corrected chi connectivity index (χ4v) is 4.81. The second-order valence-electron chi connectivity index (χ2n) is 4.88. The highest BCUT2D eigenvalue weighted by Crippen LogP contribution is 2.26. The summed E-state index contributed by atoms with van der Waals surface area (Å²) >= 11 is 1.02. The normalized spacial score (nSPS) is 20.5. The SMILES string of the molecule is CC1(C)CN(S(=O)(=O)c2ccc(C#N)s2)CCN1. The minimum atomic E-state index is -3.46. The molecule has 0 saturated carbocycles. The van der Waals surface area contributed by atoms with Crippen LogP contribution in [-0.4, -0.2) is 37.9 Å². The zero-order valence-electron chi connectivity index (χ0n) is 10.3. The Morgan fingerprint density at radius 3 is 2.78 bits per heavy atom. The summed E-state index contributed by atoms with van der Waals surface area (Å²) in [5.41, 5.74) is -0.222. The van der Waals surface area contributed by atoms with Crippen molar-refractivity contribution in [1.82, 2.24) is 9.62 Å². The molecule has 0 amide bonds. The Kier molecular flexibility index (Phi) is 3.47. The molecule has 18 heavy (non-hydrogen) atoms. The lowest BCUT2D eigenvalue weighted by molar-refractivity contribution is 0.234. The van der Waals surface area contributed by atoms with Crippen molar-refractivity contribution in [3.05, 3.63) is 17.0 Å². The van der Waals surface area contributed by atoms with E-state index >= 15 is 0 Å². The van der Waals surface area contributed by atoms with Crippen molar-refractivity contribution in [3.8, 4) is 6.07 Å². The van der Waals surface area contributed by atoms with Crippen molar-refractivity contribution >= 4 is 21.4 Å². The molecule has 0 spiro atoms. The van der Waals surface area contributed by atoms with Crippen molar-refractivity contribution in [2.45, 2.75) is 23.6 Å². The van der Waals surface area contributed by atoms with E-state index in [0.29, 0.717) is 24.5 Å². The minimum absolute atomic E-state index is 0.222. The summed E-state index contributed by atoms with van der Waals surface area (Å²) in [6, 6.07) is 5.02. The standard InChI is InChI=1S/C11H15N3O2S2/c1-11(2)8-14(6-5-13-11)18(15,16)10-4-3-9(7-12)17-10/h3-4,13H,5-6,8H2,1-2H3. The second-order valence-corrected chi connectivity index (χ2v) is 8.13. The third-order valence-corrected chi connectivity index (χ3v) is 6.12. The summed E-state index contributed by atoms with van der Waals surface area (Å²) in [6.07, 6.45) is 0. The first-order valence-corrected chi connectivity index (χ1v) is 7.86. The van der Waals surface area contributed by atoms with Gasteiger partial charge in [0.1, 0.15) is 15.2 Å². The molecule has 1 aromatic heterocycles. The van der Waals surface area contributed by atoms with Crippen molar-refractivity contribution in [2.24, 2.45) is 0 Å². The fourth-order valence-electron chi connectivity index (χ4n) is 1.95. The smallest absolute Gasteiger partial charge is 0.252 e. The van der Waals surface area contributed by atoms with Crippen molar-refractivity contribution in [3.63, 3.8) is 0 Å². The molecule has 5 nitrogen and oxygen atoms in total. The highest BCUT2D eigenvalue weighted by atomic mass is 32.2. The van der Waals surface area contributed by atoms with E-state index < -0.39 is 10.0 Å². The van der Waals surface area contributed by atoms with Crippen LogP contribution in [0.15, 0.2) is 16.3 Å². The molecule has 1 aromatic rings. The van der Waals surface area contributed by atoms with Crippen LogP contribution in [0, 0.1) is 11.3 Å². The number of sulfonamides is 1. The molecule has 0 aromatic carbocycles. The van der Waals surface area contributed by atoms with Crippen LogP contribution >= 0.6 is 11.3 Å². The van der Waals surface area contributed by atoms with Gasteiger partial charge in [0.05, 0.1) is 0 Å². The fraction of sp³-hybridized carbons (Fsp3) is 0.545. The molecule has 7 heteroatoms. The van der Waals surface area contributed by atoms with Gasteiger partial charge < -0.3 is 5.32 Å². The van der Waals surface area contributed by atoms with Gasteiger partial charge in [0.15, 0.2) is 0 Å². The van der Waals surface area contributed by atoms with Gasteiger partial charge in [-0.15, -0.1) is 11.3 Å². The Bertz CT molecular complexity index is 584. The van der Waals surface area contributed by atoms with Gasteiger partial charge in [0.2, 0.25) is 0 Å². The van der Waals surface area contributed by atoms with Crippen molar-refractivity contribution in [1.29, 1.82) is 5.26 Å². The summed E-state index contributed by atoms with van der Waals surface area (Å²) in [5, 5.41) is 12.0. The maximum absolute atomic E-state index is 12.4. The Morgan fingerprint density at radius 1 is 1.50 bits per heavy atom. The second kappa shape index (κ2) is 4.63. The Morgan fingerprint density at radius 2 is 2.22 bits per heavy atom. The van der Waals surface area contributed by atoms with Crippen LogP contribution in [0.2, 0.25) is 0 Å². The number of piperazine rings is 1. The van der Waals surface area contributed by atoms with Crippen LogP contribution in [0.5, 0.6) is 0 Å². The molecule has 1 N–H and O–H groups in total. The van der Waals surface area contributed by atoms with Crippen LogP contribution in [-0.2, 0) is 10.0 Å². The monoisotopic (exact) mass is 285 g/mol. The first-order valence-electron chi connectivity index (χ1n) is 5.60. The van der Waals surface area contributed by atoms with Gasteiger partial charge in [-0.3, -0.25) is 0 Å². The summed E-state index contributed by atoms with van der Waals surface area (Å²) in [5.74, 6) is 0. The Labute approximate surface area is 111 Å². The molecule has 1 saturated heterocycles. The first kappa shape index (κ1) is 13.5. The van der Waals surface area contributed by atoms with Crippen LogP contribution < -0.4 is 5.32 Å². The Balaban J connectivity index is 2.29. The number of hydrogen-bond donors (Lipinski definition) is 1. The van der Waals surface area contributed by atoms with E-state index in [1.807, 2.05) is 19.9 Å². The topological polar surface area (TPSA) is 73.2 Å². The number of rotatable bonds is 2. The van der Waals surface area contributed by atoms with E-state index in [9.17, 15) is 8.42 Å². The molecule has 0 bridgehead atoms. The molecule has 1 aliphatic heterocycles. The third-order valence-electron chi connectivity index (χ3n) is 2.82. The van der Waals surface area contributed by atoms with Gasteiger partial charge >= 0.3 is 0 Å². The third kappa shape index (κ3) is 2.57. The van der Waals surface area contributed by atoms with Crippen LogP contribution in [0.1, 0.15) is 18.7 Å². The van der Waals surface area contributed by atoms with Gasteiger partial charge in [0, 0.05) is 25.2 Å². The summed E-state index contributed by atoms with van der Waals surface area (Å²) < 4.78 is 26.5. The molecule has 0 unspecified atom stereocenters. The van der Waals surface area contributed by atoms with E-state index in [1.54, 1.807) is 6.07 Å². The van der Waals surface area contributed by atoms with Gasteiger partial charge in [-0.05, 0) is 26.0 Å². The molecule has 1 fully saturated rings. The quantitative estimate of drug-likeness (QED) is 0.879. The van der Waals surface area contributed by atoms with Gasteiger partial charge in [-0.25, -0.2) is 8.42 Å². The molecular weight excluding hydrogens is 270 g/mol. The lowest BCUT2D eigenvalue weighted by atomic mass is 10.0. The predicted octanol–water partition coefficient (Wildman–Crippen LogP) is 0.992. The lowest BCUT2D eigenvalue weighted by Crippen LogP contribution is -2.58. The highest BCUT2D eigenvalue weighted by molar-refractivity contribution is 7.91. The maximum Gasteiger partial charge on any atom is 0.252 e. The van der Waals surface area contributed by atoms with Crippen molar-refractivity contribution < 1.29 is 8.42 Å². The summed E-state index contributed by atoms with van der Waals surface area (Å²) in [6.45, 7) is 5.50. The van der Waals surface area contributed by atoms with Crippen molar-refractivity contribution in [2.75, 3.05) is 19.6 Å². The van der Waals surface area contributed by atoms with E-state index in [2.05, 4.69) is 5.32 Å². The van der Waals surface area contributed by atoms with Gasteiger partial charge in [0.25, 0.3) is 10.0 Å².